The predicted octanol–water partition coefficient (Wildman–Crippen LogP) is 4.42. The van der Waals surface area contributed by atoms with Crippen molar-refractivity contribution in [2.24, 2.45) is 0 Å². The van der Waals surface area contributed by atoms with Gasteiger partial charge < -0.3 is 5.32 Å². The average molecular weight is 391 g/mol. The van der Waals surface area contributed by atoms with Gasteiger partial charge in [-0.1, -0.05) is 51.8 Å². The molecule has 0 radical (unpaired) electrons. The van der Waals surface area contributed by atoms with E-state index in [1.54, 1.807) is 6.07 Å². The van der Waals surface area contributed by atoms with Crippen LogP contribution in [0.15, 0.2) is 59.2 Å². The highest BCUT2D eigenvalue weighted by molar-refractivity contribution is 9.10. The van der Waals surface area contributed by atoms with Gasteiger partial charge in [0.2, 0.25) is 0 Å². The smallest absolute Gasteiger partial charge is 0.255 e. The zero-order valence-electron chi connectivity index (χ0n) is 12.0. The molecule has 0 atom stereocenters. The molecule has 6 heteroatoms. The number of nitrogens with zero attached hydrogens (tertiary/aromatic N) is 1. The lowest BCUT2D eigenvalue weighted by Crippen LogP contribution is -2.22. The van der Waals surface area contributed by atoms with Crippen molar-refractivity contribution in [3.63, 3.8) is 0 Å². The third-order valence-electron chi connectivity index (χ3n) is 3.34. The maximum Gasteiger partial charge on any atom is 0.255 e. The Kier molecular flexibility index (Phi) is 4.79. The first-order valence-corrected chi connectivity index (χ1v) is 8.12. The van der Waals surface area contributed by atoms with E-state index in [0.29, 0.717) is 22.8 Å². The molecule has 2 N–H and O–H groups in total. The van der Waals surface area contributed by atoms with E-state index in [0.717, 1.165) is 15.6 Å². The molecule has 0 spiro atoms. The Hall–Kier alpha value is -2.11. The topological polar surface area (TPSA) is 57.8 Å². The van der Waals surface area contributed by atoms with Gasteiger partial charge in [-0.05, 0) is 29.8 Å². The maximum absolute atomic E-state index is 12.4. The molecule has 3 rings (SSSR count). The number of rotatable bonds is 4. The summed E-state index contributed by atoms with van der Waals surface area (Å²) < 4.78 is 0.940. The van der Waals surface area contributed by atoms with Crippen molar-refractivity contribution in [2.75, 3.05) is 0 Å². The quantitative estimate of drug-likeness (QED) is 0.692. The molecule has 0 aliphatic carbocycles. The number of aromatic amines is 1. The van der Waals surface area contributed by atoms with Gasteiger partial charge in [0.25, 0.3) is 5.91 Å². The Bertz CT molecular complexity index is 847. The number of amides is 1. The van der Waals surface area contributed by atoms with Crippen LogP contribution in [0.2, 0.25) is 5.02 Å². The van der Waals surface area contributed by atoms with Crippen LogP contribution in [-0.2, 0) is 6.54 Å². The van der Waals surface area contributed by atoms with E-state index in [9.17, 15) is 4.79 Å². The number of carbonyl (C=O) groups is 1. The lowest BCUT2D eigenvalue weighted by Gasteiger charge is -2.07. The van der Waals surface area contributed by atoms with Gasteiger partial charge in [0.15, 0.2) is 0 Å². The van der Waals surface area contributed by atoms with Gasteiger partial charge in [-0.2, -0.15) is 5.10 Å². The van der Waals surface area contributed by atoms with Crippen LogP contribution in [0.1, 0.15) is 15.9 Å². The Balaban J connectivity index is 1.77. The molecule has 0 saturated carbocycles. The van der Waals surface area contributed by atoms with E-state index in [4.69, 9.17) is 11.6 Å². The van der Waals surface area contributed by atoms with Crippen LogP contribution >= 0.6 is 27.5 Å². The van der Waals surface area contributed by atoms with Crippen LogP contribution < -0.4 is 5.32 Å². The lowest BCUT2D eigenvalue weighted by atomic mass is 10.1. The fourth-order valence-corrected chi connectivity index (χ4v) is 2.86. The van der Waals surface area contributed by atoms with Crippen LogP contribution in [0.25, 0.3) is 11.3 Å². The van der Waals surface area contributed by atoms with Gasteiger partial charge in [0.1, 0.15) is 0 Å². The summed E-state index contributed by atoms with van der Waals surface area (Å²) in [5.41, 5.74) is 3.03. The van der Waals surface area contributed by atoms with Gasteiger partial charge >= 0.3 is 0 Å². The second-order valence-electron chi connectivity index (χ2n) is 4.98. The van der Waals surface area contributed by atoms with E-state index in [1.165, 1.54) is 6.20 Å². The predicted molar refractivity (Wildman–Crippen MR) is 94.3 cm³/mol. The zero-order valence-corrected chi connectivity index (χ0v) is 14.4. The van der Waals surface area contributed by atoms with E-state index >= 15 is 0 Å². The zero-order chi connectivity index (χ0) is 16.2. The van der Waals surface area contributed by atoms with Crippen LogP contribution in [0, 0.1) is 0 Å². The van der Waals surface area contributed by atoms with Gasteiger partial charge in [0.05, 0.1) is 17.5 Å². The number of carbonyl (C=O) groups excluding carboxylic acids is 1. The fraction of sp³-hybridized carbons (Fsp3) is 0.0588. The summed E-state index contributed by atoms with van der Waals surface area (Å²) in [5, 5.41) is 10.4. The van der Waals surface area contributed by atoms with Crippen LogP contribution in [0.4, 0.5) is 0 Å². The second-order valence-corrected chi connectivity index (χ2v) is 6.33. The molecule has 0 aliphatic heterocycles. The number of H-pyrrole nitrogens is 1. The van der Waals surface area contributed by atoms with Crippen molar-refractivity contribution in [3.8, 4) is 11.3 Å². The van der Waals surface area contributed by atoms with Crippen LogP contribution in [0.3, 0.4) is 0 Å². The number of aromatic nitrogens is 2. The van der Waals surface area contributed by atoms with Crippen molar-refractivity contribution in [1.82, 2.24) is 15.5 Å². The number of nitrogens with one attached hydrogen (secondary N) is 2. The Morgan fingerprint density at radius 3 is 2.83 bits per heavy atom. The highest BCUT2D eigenvalue weighted by atomic mass is 79.9. The Morgan fingerprint density at radius 1 is 1.22 bits per heavy atom. The Morgan fingerprint density at radius 2 is 2.04 bits per heavy atom. The number of hydrogen-bond acceptors (Lipinski definition) is 2. The number of hydrogen-bond donors (Lipinski definition) is 2. The highest BCUT2D eigenvalue weighted by Gasteiger charge is 2.15. The van der Waals surface area contributed by atoms with E-state index in [1.807, 2.05) is 42.5 Å². The molecule has 0 fully saturated rings. The molecule has 1 aromatic heterocycles. The largest absolute Gasteiger partial charge is 0.348 e. The molecule has 116 valence electrons. The van der Waals surface area contributed by atoms with Crippen molar-refractivity contribution in [2.45, 2.75) is 6.54 Å². The third kappa shape index (κ3) is 3.81. The van der Waals surface area contributed by atoms with Crippen LogP contribution in [-0.4, -0.2) is 16.1 Å². The summed E-state index contributed by atoms with van der Waals surface area (Å²) in [6.07, 6.45) is 1.53. The molecule has 0 saturated heterocycles. The van der Waals surface area contributed by atoms with Gasteiger partial charge in [0, 0.05) is 21.6 Å². The molecule has 4 nitrogen and oxygen atoms in total. The molecular weight excluding hydrogens is 378 g/mol. The molecule has 2 aromatic carbocycles. The van der Waals surface area contributed by atoms with Crippen LogP contribution in [0.5, 0.6) is 0 Å². The highest BCUT2D eigenvalue weighted by Crippen LogP contribution is 2.24. The maximum atomic E-state index is 12.4. The first-order chi connectivity index (χ1) is 11.1. The van der Waals surface area contributed by atoms with Crippen molar-refractivity contribution in [1.29, 1.82) is 0 Å². The fourth-order valence-electron chi connectivity index (χ4n) is 2.25. The standard InChI is InChI=1S/C17H13BrClN3O/c18-13-5-2-4-12(8-13)16-15(10-21-22-16)17(23)20-9-11-3-1-6-14(19)7-11/h1-8,10H,9H2,(H,20,23)(H,21,22). The third-order valence-corrected chi connectivity index (χ3v) is 4.07. The summed E-state index contributed by atoms with van der Waals surface area (Å²) in [4.78, 5) is 12.4. The van der Waals surface area contributed by atoms with Gasteiger partial charge in [-0.15, -0.1) is 0 Å². The van der Waals surface area contributed by atoms with Crippen molar-refractivity contribution in [3.05, 3.63) is 75.4 Å². The second kappa shape index (κ2) is 6.98. The molecule has 0 aliphatic rings. The molecule has 1 heterocycles. The molecular formula is C17H13BrClN3O. The number of benzene rings is 2. The van der Waals surface area contributed by atoms with Gasteiger partial charge in [-0.25, -0.2) is 0 Å². The molecule has 23 heavy (non-hydrogen) atoms. The van der Waals surface area contributed by atoms with E-state index in [2.05, 4.69) is 31.4 Å². The number of halogens is 2. The molecule has 3 aromatic rings. The minimum Gasteiger partial charge on any atom is -0.348 e. The summed E-state index contributed by atoms with van der Waals surface area (Å²) in [6, 6.07) is 15.1. The van der Waals surface area contributed by atoms with Crippen molar-refractivity contribution < 1.29 is 4.79 Å². The normalized spacial score (nSPS) is 10.5. The molecule has 0 bridgehead atoms. The SMILES string of the molecule is O=C(NCc1cccc(Cl)c1)c1cn[nH]c1-c1cccc(Br)c1. The summed E-state index contributed by atoms with van der Waals surface area (Å²) >= 11 is 9.38. The van der Waals surface area contributed by atoms with E-state index in [-0.39, 0.29) is 5.91 Å². The summed E-state index contributed by atoms with van der Waals surface area (Å²) in [7, 11) is 0. The molecule has 0 unspecified atom stereocenters. The van der Waals surface area contributed by atoms with E-state index < -0.39 is 0 Å². The van der Waals surface area contributed by atoms with Gasteiger partial charge in [-0.3, -0.25) is 9.89 Å². The monoisotopic (exact) mass is 389 g/mol. The summed E-state index contributed by atoms with van der Waals surface area (Å²) in [5.74, 6) is -0.186. The minimum absolute atomic E-state index is 0.186. The minimum atomic E-state index is -0.186. The lowest BCUT2D eigenvalue weighted by molar-refractivity contribution is 0.0951. The average Bonchev–Trinajstić information content (AvgIpc) is 3.02. The molecule has 1 amide bonds. The van der Waals surface area contributed by atoms with Crippen molar-refractivity contribution >= 4 is 33.4 Å². The Labute approximate surface area is 147 Å². The summed E-state index contributed by atoms with van der Waals surface area (Å²) in [6.45, 7) is 0.405. The first kappa shape index (κ1) is 15.8. The first-order valence-electron chi connectivity index (χ1n) is 6.95.